The third-order valence-electron chi connectivity index (χ3n) is 4.44. The van der Waals surface area contributed by atoms with E-state index in [2.05, 4.69) is 14.8 Å². The van der Waals surface area contributed by atoms with E-state index in [4.69, 9.17) is 11.6 Å². The van der Waals surface area contributed by atoms with E-state index >= 15 is 0 Å². The van der Waals surface area contributed by atoms with E-state index in [1.165, 1.54) is 0 Å². The van der Waals surface area contributed by atoms with Gasteiger partial charge < -0.3 is 20.6 Å². The van der Waals surface area contributed by atoms with Gasteiger partial charge in [0.05, 0.1) is 16.2 Å². The van der Waals surface area contributed by atoms with Gasteiger partial charge >= 0.3 is 5.69 Å². The Morgan fingerprint density at radius 3 is 2.74 bits per heavy atom. The Morgan fingerprint density at radius 1 is 1.33 bits per heavy atom. The van der Waals surface area contributed by atoms with Gasteiger partial charge in [0.25, 0.3) is 11.4 Å². The lowest BCUT2D eigenvalue weighted by Gasteiger charge is -2.17. The van der Waals surface area contributed by atoms with Crippen LogP contribution in [0.25, 0.3) is 10.9 Å². The Labute approximate surface area is 154 Å². The van der Waals surface area contributed by atoms with Crippen LogP contribution in [0.15, 0.2) is 34.6 Å². The van der Waals surface area contributed by atoms with Gasteiger partial charge in [-0.2, -0.15) is 4.90 Å². The van der Waals surface area contributed by atoms with Gasteiger partial charge in [-0.3, -0.25) is 14.7 Å². The maximum Gasteiger partial charge on any atom is 0.318 e. The van der Waals surface area contributed by atoms with Crippen LogP contribution >= 0.6 is 11.6 Å². The quantitative estimate of drug-likeness (QED) is 0.396. The van der Waals surface area contributed by atoms with Crippen LogP contribution in [0.4, 0.5) is 0 Å². The van der Waals surface area contributed by atoms with Gasteiger partial charge in [0.15, 0.2) is 0 Å². The van der Waals surface area contributed by atoms with Crippen molar-refractivity contribution in [2.45, 2.75) is 12.8 Å². The molecule has 138 valence electrons. The number of benzene rings is 1. The number of nitrogens with one attached hydrogen (secondary N) is 1. The number of hydrogen-bond acceptors (Lipinski definition) is 7. The van der Waals surface area contributed by atoms with Crippen molar-refractivity contribution in [3.8, 4) is 0 Å². The third-order valence-corrected chi connectivity index (χ3v) is 4.67. The Kier molecular flexibility index (Phi) is 3.56. The van der Waals surface area contributed by atoms with Gasteiger partial charge in [-0.15, -0.1) is 0 Å². The maximum absolute atomic E-state index is 12.2. The lowest BCUT2D eigenvalue weighted by molar-refractivity contribution is -0.808. The van der Waals surface area contributed by atoms with E-state index in [1.807, 2.05) is 0 Å². The van der Waals surface area contributed by atoms with Gasteiger partial charge in [-0.1, -0.05) is 11.6 Å². The second-order valence-electron chi connectivity index (χ2n) is 5.92. The molecule has 4 rings (SSSR count). The Morgan fingerprint density at radius 2 is 2.07 bits per heavy atom. The highest BCUT2D eigenvalue weighted by Gasteiger charge is 2.48. The minimum Gasteiger partial charge on any atom is -0.612 e. The predicted octanol–water partition coefficient (Wildman–Crippen LogP) is 1.85. The molecule has 27 heavy (non-hydrogen) atoms. The molecule has 2 heterocycles. The van der Waals surface area contributed by atoms with E-state index in [1.54, 1.807) is 25.1 Å². The fourth-order valence-electron chi connectivity index (χ4n) is 3.38. The number of allylic oxidation sites excluding steroid dienone is 2. The van der Waals surface area contributed by atoms with Gasteiger partial charge in [0, 0.05) is 27.2 Å². The third kappa shape index (κ3) is 2.39. The van der Waals surface area contributed by atoms with Crippen molar-refractivity contribution < 1.29 is 19.4 Å². The first-order chi connectivity index (χ1) is 12.8. The normalized spacial score (nSPS) is 16.3. The van der Waals surface area contributed by atoms with Crippen LogP contribution in [-0.2, 0) is 0 Å². The Hall–Kier alpha value is -3.60. The highest BCUT2D eigenvalue weighted by molar-refractivity contribution is 6.31. The van der Waals surface area contributed by atoms with Crippen LogP contribution < -0.4 is 4.90 Å². The highest BCUT2D eigenvalue weighted by atomic mass is 35.5. The zero-order chi connectivity index (χ0) is 19.5. The van der Waals surface area contributed by atoms with E-state index in [0.29, 0.717) is 27.2 Å². The summed E-state index contributed by atoms with van der Waals surface area (Å²) in [6, 6.07) is 4.94. The molecule has 2 aromatic heterocycles. The average molecular weight is 391 g/mol. The summed E-state index contributed by atoms with van der Waals surface area (Å²) in [7, 11) is 0. The molecular formula is C15H9ClN5O6-. The number of hydrogen-bond donors (Lipinski definition) is 1. The summed E-state index contributed by atoms with van der Waals surface area (Å²) in [6.45, 7) is 1.68. The first kappa shape index (κ1) is 16.8. The van der Waals surface area contributed by atoms with Crippen molar-refractivity contribution in [2.24, 2.45) is 0 Å². The summed E-state index contributed by atoms with van der Waals surface area (Å²) in [5.41, 5.74) is -0.295. The molecule has 3 aromatic rings. The fraction of sp³-hybridized carbons (Fsp3) is 0.133. The number of rotatable bonds is 2. The number of aromatic nitrogens is 3. The van der Waals surface area contributed by atoms with E-state index in [-0.39, 0.29) is 16.3 Å². The molecule has 11 nitrogen and oxygen atoms in total. The Balaban J connectivity index is 2.10. The van der Waals surface area contributed by atoms with Crippen molar-refractivity contribution in [3.05, 3.63) is 83.4 Å². The molecular weight excluding hydrogens is 382 g/mol. The Bertz CT molecular complexity index is 1170. The molecule has 0 saturated carbocycles. The summed E-state index contributed by atoms with van der Waals surface area (Å²) in [5, 5.41) is 50.8. The van der Waals surface area contributed by atoms with Gasteiger partial charge in [-0.05, 0) is 30.0 Å². The predicted molar refractivity (Wildman–Crippen MR) is 91.5 cm³/mol. The van der Waals surface area contributed by atoms with Crippen molar-refractivity contribution in [1.82, 2.24) is 10.1 Å². The number of nitro groups is 1. The van der Waals surface area contributed by atoms with E-state index in [9.17, 15) is 25.7 Å². The van der Waals surface area contributed by atoms with E-state index < -0.39 is 27.2 Å². The average Bonchev–Trinajstić information content (AvgIpc) is 3.13. The van der Waals surface area contributed by atoms with Crippen molar-refractivity contribution >= 4 is 28.2 Å². The zero-order valence-corrected chi connectivity index (χ0v) is 14.3. The molecule has 1 aliphatic rings. The van der Waals surface area contributed by atoms with Crippen LogP contribution in [0.5, 0.6) is 0 Å². The van der Waals surface area contributed by atoms with Crippen molar-refractivity contribution in [3.63, 3.8) is 0 Å². The van der Waals surface area contributed by atoms with Crippen LogP contribution in [0.2, 0.25) is 5.02 Å². The van der Waals surface area contributed by atoms with Crippen LogP contribution in [-0.4, -0.2) is 25.7 Å². The van der Waals surface area contributed by atoms with Crippen LogP contribution in [0.1, 0.15) is 28.6 Å². The van der Waals surface area contributed by atoms with Gasteiger partial charge in [0.1, 0.15) is 5.92 Å². The summed E-state index contributed by atoms with van der Waals surface area (Å²) < 4.78 is 4.52. The molecule has 1 N–H and O–H groups in total. The first-order valence-corrected chi connectivity index (χ1v) is 7.92. The molecule has 1 aliphatic carbocycles. The summed E-state index contributed by atoms with van der Waals surface area (Å²) in [6.07, 6.45) is 0.804. The highest BCUT2D eigenvalue weighted by Crippen LogP contribution is 2.41. The molecule has 0 radical (unpaired) electrons. The molecule has 0 amide bonds. The first-order valence-electron chi connectivity index (χ1n) is 7.54. The van der Waals surface area contributed by atoms with Crippen LogP contribution in [0.3, 0.4) is 0 Å². The monoisotopic (exact) mass is 390 g/mol. The van der Waals surface area contributed by atoms with Gasteiger partial charge in [0.2, 0.25) is 5.69 Å². The lowest BCUT2D eigenvalue weighted by atomic mass is 9.84. The molecule has 0 bridgehead atoms. The minimum atomic E-state index is -1.23. The number of halogens is 1. The number of aromatic amines is 1. The SMILES string of the molecule is Cc1[nH]c2ccc(Cl)cc2c1C1C([N+](=O)[O-])=CC(=[N+]([O-])[O-])c2no[n+]([O-])c21. The van der Waals surface area contributed by atoms with Crippen molar-refractivity contribution in [1.29, 1.82) is 0 Å². The summed E-state index contributed by atoms with van der Waals surface area (Å²) >= 11 is 6.06. The minimum absolute atomic E-state index is 0.0389. The standard InChI is InChI=1S/C15H9ClN5O6/c1-6-12(8-4-7(16)2-3-9(8)17-6)13-10(19(22)23)5-11(20(24)25)14-15(13)21(26)27-18-14/h2-5,13,17H,1H3/q-1. The second kappa shape index (κ2) is 5.71. The second-order valence-corrected chi connectivity index (χ2v) is 6.36. The molecule has 1 unspecified atom stereocenters. The number of fused-ring (bicyclic) bond motifs is 2. The van der Waals surface area contributed by atoms with E-state index in [0.717, 1.165) is 6.08 Å². The fourth-order valence-corrected chi connectivity index (χ4v) is 3.55. The smallest absolute Gasteiger partial charge is 0.318 e. The number of nitrogens with zero attached hydrogens (tertiary/aromatic N) is 4. The zero-order valence-electron chi connectivity index (χ0n) is 13.5. The molecule has 0 aliphatic heterocycles. The molecule has 0 spiro atoms. The summed E-state index contributed by atoms with van der Waals surface area (Å²) in [4.78, 5) is 13.1. The lowest BCUT2D eigenvalue weighted by Crippen LogP contribution is -2.36. The topological polar surface area (TPSA) is 161 Å². The number of aryl methyl sites for hydroxylation is 1. The van der Waals surface area contributed by atoms with Crippen molar-refractivity contribution in [2.75, 3.05) is 0 Å². The molecule has 0 fully saturated rings. The maximum atomic E-state index is 12.2. The number of H-pyrrole nitrogens is 1. The largest absolute Gasteiger partial charge is 0.612 e. The van der Waals surface area contributed by atoms with Crippen LogP contribution in [0, 0.1) is 32.7 Å². The summed E-state index contributed by atoms with van der Waals surface area (Å²) in [5.74, 6) is -1.23. The molecule has 0 saturated heterocycles. The molecule has 12 heteroatoms. The molecule has 1 aromatic carbocycles. The van der Waals surface area contributed by atoms with Gasteiger partial charge in [-0.25, -0.2) is 0 Å². The molecule has 1 atom stereocenters.